The summed E-state index contributed by atoms with van der Waals surface area (Å²) in [5, 5.41) is 12.1. The van der Waals surface area contributed by atoms with Gasteiger partial charge < -0.3 is 10.4 Å². The smallest absolute Gasteiger partial charge is 0.345 e. The molecule has 1 amide bonds. The van der Waals surface area contributed by atoms with Gasteiger partial charge in [-0.3, -0.25) is 4.79 Å². The second kappa shape index (κ2) is 6.01. The molecule has 104 valence electrons. The standard InChI is InChI=1S/C12H6Cl3NO3S/c13-5-3-6(14)10(7(15)4-5)16-11(17)8-1-2-9(20-8)12(18)19/h1-4H,(H,16,17)(H,18,19). The van der Waals surface area contributed by atoms with Gasteiger partial charge in [0.25, 0.3) is 5.91 Å². The third-order valence-electron chi connectivity index (χ3n) is 2.29. The lowest BCUT2D eigenvalue weighted by Crippen LogP contribution is -2.11. The number of benzene rings is 1. The van der Waals surface area contributed by atoms with Gasteiger partial charge in [0.05, 0.1) is 20.6 Å². The van der Waals surface area contributed by atoms with Crippen molar-refractivity contribution >= 4 is 63.7 Å². The monoisotopic (exact) mass is 349 g/mol. The summed E-state index contributed by atoms with van der Waals surface area (Å²) >= 11 is 18.5. The van der Waals surface area contributed by atoms with Crippen LogP contribution < -0.4 is 5.32 Å². The highest BCUT2D eigenvalue weighted by Crippen LogP contribution is 2.34. The van der Waals surface area contributed by atoms with Crippen molar-refractivity contribution in [1.82, 2.24) is 0 Å². The van der Waals surface area contributed by atoms with E-state index in [1.165, 1.54) is 24.3 Å². The van der Waals surface area contributed by atoms with Crippen LogP contribution in [0.1, 0.15) is 19.3 Å². The minimum Gasteiger partial charge on any atom is -0.477 e. The van der Waals surface area contributed by atoms with Crippen LogP contribution in [0.4, 0.5) is 5.69 Å². The molecule has 1 aromatic carbocycles. The molecule has 0 bridgehead atoms. The molecule has 1 aromatic heterocycles. The topological polar surface area (TPSA) is 66.4 Å². The molecule has 4 nitrogen and oxygen atoms in total. The Labute approximate surface area is 132 Å². The molecule has 0 aliphatic rings. The van der Waals surface area contributed by atoms with Crippen molar-refractivity contribution in [1.29, 1.82) is 0 Å². The SMILES string of the molecule is O=C(O)c1ccc(C(=O)Nc2c(Cl)cc(Cl)cc2Cl)s1. The molecular formula is C12H6Cl3NO3S. The summed E-state index contributed by atoms with van der Waals surface area (Å²) in [6.07, 6.45) is 0. The van der Waals surface area contributed by atoms with Crippen molar-refractivity contribution in [3.63, 3.8) is 0 Å². The summed E-state index contributed by atoms with van der Waals surface area (Å²) < 4.78 is 0. The lowest BCUT2D eigenvalue weighted by Gasteiger charge is -2.08. The molecule has 2 aromatic rings. The first-order valence-electron chi connectivity index (χ1n) is 5.17. The number of carbonyl (C=O) groups excluding carboxylic acids is 1. The number of aromatic carboxylic acids is 1. The molecule has 2 rings (SSSR count). The number of hydrogen-bond donors (Lipinski definition) is 2. The average molecular weight is 351 g/mol. The first-order chi connectivity index (χ1) is 9.38. The zero-order valence-electron chi connectivity index (χ0n) is 9.62. The number of carboxylic acids is 1. The van der Waals surface area contributed by atoms with E-state index in [1.807, 2.05) is 0 Å². The summed E-state index contributed by atoms with van der Waals surface area (Å²) in [5.74, 6) is -1.58. The van der Waals surface area contributed by atoms with Gasteiger partial charge in [-0.2, -0.15) is 0 Å². The second-order valence-electron chi connectivity index (χ2n) is 3.67. The van der Waals surface area contributed by atoms with Crippen molar-refractivity contribution in [3.8, 4) is 0 Å². The fourth-order valence-electron chi connectivity index (χ4n) is 1.41. The number of halogens is 3. The Hall–Kier alpha value is -1.27. The molecule has 0 aliphatic heterocycles. The van der Waals surface area contributed by atoms with Gasteiger partial charge >= 0.3 is 5.97 Å². The predicted octanol–water partition coefficient (Wildman–Crippen LogP) is 4.66. The van der Waals surface area contributed by atoms with Crippen LogP contribution in [-0.2, 0) is 0 Å². The van der Waals surface area contributed by atoms with Gasteiger partial charge in [0.15, 0.2) is 0 Å². The van der Waals surface area contributed by atoms with Crippen LogP contribution in [0.25, 0.3) is 0 Å². The zero-order chi connectivity index (χ0) is 14.9. The minimum absolute atomic E-state index is 0.0726. The van der Waals surface area contributed by atoms with Gasteiger partial charge in [0, 0.05) is 5.02 Å². The average Bonchev–Trinajstić information content (AvgIpc) is 2.83. The number of hydrogen-bond acceptors (Lipinski definition) is 3. The lowest BCUT2D eigenvalue weighted by molar-refractivity contribution is 0.0702. The van der Waals surface area contributed by atoms with Crippen LogP contribution >= 0.6 is 46.1 Å². The van der Waals surface area contributed by atoms with E-state index >= 15 is 0 Å². The first-order valence-corrected chi connectivity index (χ1v) is 7.12. The minimum atomic E-state index is -1.09. The Bertz CT molecular complexity index is 676. The molecule has 0 fully saturated rings. The fraction of sp³-hybridized carbons (Fsp3) is 0. The first kappa shape index (κ1) is 15.1. The maximum absolute atomic E-state index is 12.0. The summed E-state index contributed by atoms with van der Waals surface area (Å²) in [6, 6.07) is 5.66. The van der Waals surface area contributed by atoms with Gasteiger partial charge in [0.2, 0.25) is 0 Å². The highest BCUT2D eigenvalue weighted by Gasteiger charge is 2.16. The van der Waals surface area contributed by atoms with E-state index in [9.17, 15) is 9.59 Å². The van der Waals surface area contributed by atoms with E-state index < -0.39 is 11.9 Å². The van der Waals surface area contributed by atoms with Gasteiger partial charge in [0.1, 0.15) is 4.88 Å². The Kier molecular flexibility index (Phi) is 4.55. The van der Waals surface area contributed by atoms with Crippen LogP contribution in [0, 0.1) is 0 Å². The maximum atomic E-state index is 12.0. The Balaban J connectivity index is 2.25. The van der Waals surface area contributed by atoms with Crippen molar-refractivity contribution in [2.45, 2.75) is 0 Å². The normalized spacial score (nSPS) is 10.3. The molecule has 0 radical (unpaired) electrons. The number of carbonyl (C=O) groups is 2. The molecule has 0 aliphatic carbocycles. The van der Waals surface area contributed by atoms with E-state index in [0.717, 1.165) is 11.3 Å². The Morgan fingerprint density at radius 2 is 1.60 bits per heavy atom. The number of carboxylic acid groups (broad SMARTS) is 1. The highest BCUT2D eigenvalue weighted by molar-refractivity contribution is 7.16. The number of rotatable bonds is 3. The van der Waals surface area contributed by atoms with E-state index in [0.29, 0.717) is 5.02 Å². The molecule has 0 atom stereocenters. The molecule has 1 heterocycles. The summed E-state index contributed by atoms with van der Waals surface area (Å²) in [5.41, 5.74) is 0.230. The molecule has 8 heteroatoms. The predicted molar refractivity (Wildman–Crippen MR) is 80.7 cm³/mol. The van der Waals surface area contributed by atoms with Crippen LogP contribution in [0.2, 0.25) is 15.1 Å². The molecule has 0 saturated carbocycles. The number of nitrogens with one attached hydrogen (secondary N) is 1. The van der Waals surface area contributed by atoms with Gasteiger partial charge in [-0.15, -0.1) is 11.3 Å². The largest absolute Gasteiger partial charge is 0.477 e. The van der Waals surface area contributed by atoms with Crippen LogP contribution in [0.3, 0.4) is 0 Å². The summed E-state index contributed by atoms with van der Waals surface area (Å²) in [4.78, 5) is 23.1. The third kappa shape index (κ3) is 3.24. The summed E-state index contributed by atoms with van der Waals surface area (Å²) in [7, 11) is 0. The number of anilines is 1. The number of amides is 1. The van der Waals surface area contributed by atoms with Crippen molar-refractivity contribution in [2.75, 3.05) is 5.32 Å². The van der Waals surface area contributed by atoms with Crippen LogP contribution in [-0.4, -0.2) is 17.0 Å². The van der Waals surface area contributed by atoms with E-state index in [4.69, 9.17) is 39.9 Å². The van der Waals surface area contributed by atoms with Crippen molar-refractivity contribution in [3.05, 3.63) is 49.1 Å². The highest BCUT2D eigenvalue weighted by atomic mass is 35.5. The lowest BCUT2D eigenvalue weighted by atomic mass is 10.3. The molecule has 0 spiro atoms. The molecular weight excluding hydrogens is 345 g/mol. The van der Waals surface area contributed by atoms with Gasteiger partial charge in [-0.1, -0.05) is 34.8 Å². The summed E-state index contributed by atoms with van der Waals surface area (Å²) in [6.45, 7) is 0. The number of thiophene rings is 1. The van der Waals surface area contributed by atoms with E-state index in [2.05, 4.69) is 5.32 Å². The van der Waals surface area contributed by atoms with Crippen molar-refractivity contribution in [2.24, 2.45) is 0 Å². The quantitative estimate of drug-likeness (QED) is 0.846. The van der Waals surface area contributed by atoms with Crippen molar-refractivity contribution < 1.29 is 14.7 Å². The van der Waals surface area contributed by atoms with Crippen LogP contribution in [0.15, 0.2) is 24.3 Å². The molecule has 0 saturated heterocycles. The second-order valence-corrected chi connectivity index (χ2v) is 6.00. The third-order valence-corrected chi connectivity index (χ3v) is 4.17. The zero-order valence-corrected chi connectivity index (χ0v) is 12.7. The van der Waals surface area contributed by atoms with Gasteiger partial charge in [-0.05, 0) is 24.3 Å². The van der Waals surface area contributed by atoms with E-state index in [-0.39, 0.29) is 25.5 Å². The van der Waals surface area contributed by atoms with Crippen LogP contribution in [0.5, 0.6) is 0 Å². The molecule has 2 N–H and O–H groups in total. The Morgan fingerprint density at radius 3 is 2.10 bits per heavy atom. The Morgan fingerprint density at radius 1 is 1.05 bits per heavy atom. The molecule has 20 heavy (non-hydrogen) atoms. The maximum Gasteiger partial charge on any atom is 0.345 e. The van der Waals surface area contributed by atoms with E-state index in [1.54, 1.807) is 0 Å². The fourth-order valence-corrected chi connectivity index (χ4v) is 3.06. The molecule has 0 unspecified atom stereocenters. The van der Waals surface area contributed by atoms with Gasteiger partial charge in [-0.25, -0.2) is 4.79 Å².